The minimum atomic E-state index is -0.527. The summed E-state index contributed by atoms with van der Waals surface area (Å²) in [5, 5.41) is 11.1. The molecule has 0 aliphatic rings. The molecule has 2 aromatic carbocycles. The van der Waals surface area contributed by atoms with E-state index >= 15 is 0 Å². The van der Waals surface area contributed by atoms with Crippen molar-refractivity contribution in [3.05, 3.63) is 74.8 Å². The Morgan fingerprint density at radius 2 is 1.85 bits per heavy atom. The van der Waals surface area contributed by atoms with Gasteiger partial charge in [-0.25, -0.2) is 4.98 Å². The fourth-order valence-electron chi connectivity index (χ4n) is 2.73. The molecule has 0 bridgehead atoms. The van der Waals surface area contributed by atoms with Crippen LogP contribution in [0.3, 0.4) is 0 Å². The molecule has 7 nitrogen and oxygen atoms in total. The quantitative estimate of drug-likeness (QED) is 0.507. The van der Waals surface area contributed by atoms with Crippen LogP contribution in [0.5, 0.6) is 5.75 Å². The maximum atomic E-state index is 12.5. The molecular weight excluding hydrogens is 346 g/mol. The molecule has 1 aromatic heterocycles. The third-order valence-corrected chi connectivity index (χ3v) is 4.34. The highest BCUT2D eigenvalue weighted by Crippen LogP contribution is 2.24. The summed E-state index contributed by atoms with van der Waals surface area (Å²) in [6.07, 6.45) is 1.43. The molecule has 0 atom stereocenters. The zero-order valence-electron chi connectivity index (χ0n) is 15.5. The topological polar surface area (TPSA) is 87.3 Å². The van der Waals surface area contributed by atoms with Gasteiger partial charge in [-0.1, -0.05) is 32.9 Å². The molecule has 0 fully saturated rings. The van der Waals surface area contributed by atoms with Gasteiger partial charge in [0.2, 0.25) is 0 Å². The van der Waals surface area contributed by atoms with E-state index in [-0.39, 0.29) is 28.7 Å². The van der Waals surface area contributed by atoms with Gasteiger partial charge in [0.1, 0.15) is 12.4 Å². The molecule has 0 radical (unpaired) electrons. The number of aromatic nitrogens is 2. The summed E-state index contributed by atoms with van der Waals surface area (Å²) in [6, 6.07) is 11.9. The number of non-ortho nitro benzene ring substituents is 1. The van der Waals surface area contributed by atoms with E-state index in [0.717, 1.165) is 5.75 Å². The molecule has 7 heteroatoms. The maximum Gasteiger partial charge on any atom is 0.270 e. The lowest BCUT2D eigenvalue weighted by Crippen LogP contribution is -2.23. The Labute approximate surface area is 156 Å². The van der Waals surface area contributed by atoms with Crippen LogP contribution < -0.4 is 10.3 Å². The van der Waals surface area contributed by atoms with Crippen LogP contribution in [-0.4, -0.2) is 21.1 Å². The van der Waals surface area contributed by atoms with Crippen LogP contribution >= 0.6 is 0 Å². The van der Waals surface area contributed by atoms with Crippen LogP contribution in [0.15, 0.2) is 53.6 Å². The molecule has 1 heterocycles. The summed E-state index contributed by atoms with van der Waals surface area (Å²) in [5.74, 6) is 0.723. The van der Waals surface area contributed by atoms with Gasteiger partial charge in [0.25, 0.3) is 11.2 Å². The number of hydrogen-bond acceptors (Lipinski definition) is 5. The number of hydrogen-bond donors (Lipinski definition) is 0. The second kappa shape index (κ2) is 7.19. The van der Waals surface area contributed by atoms with E-state index in [1.165, 1.54) is 34.7 Å². The summed E-state index contributed by atoms with van der Waals surface area (Å²) >= 11 is 0. The molecule has 0 N–H and O–H groups in total. The Hall–Kier alpha value is -3.22. The van der Waals surface area contributed by atoms with E-state index in [1.54, 1.807) is 0 Å². The first-order chi connectivity index (χ1) is 12.8. The predicted octanol–water partition coefficient (Wildman–Crippen LogP) is 3.68. The van der Waals surface area contributed by atoms with Gasteiger partial charge in [0, 0.05) is 12.1 Å². The average Bonchev–Trinajstić information content (AvgIpc) is 2.63. The highest BCUT2D eigenvalue weighted by Gasteiger charge is 2.13. The zero-order chi connectivity index (χ0) is 19.6. The molecular formula is C20H21N3O4. The van der Waals surface area contributed by atoms with Gasteiger partial charge < -0.3 is 4.74 Å². The van der Waals surface area contributed by atoms with Gasteiger partial charge in [0.05, 0.1) is 28.7 Å². The number of nitro benzene ring substituents is 1. The van der Waals surface area contributed by atoms with E-state index < -0.39 is 4.92 Å². The van der Waals surface area contributed by atoms with Crippen molar-refractivity contribution in [2.45, 2.75) is 32.7 Å². The van der Waals surface area contributed by atoms with Gasteiger partial charge in [-0.2, -0.15) is 0 Å². The minimum absolute atomic E-state index is 0.0746. The first-order valence-electron chi connectivity index (χ1n) is 8.62. The Morgan fingerprint density at radius 1 is 1.15 bits per heavy atom. The Morgan fingerprint density at radius 3 is 2.48 bits per heavy atom. The SMILES string of the molecule is CC(C)(C)c1ccc(OCCn2cnc3ccc([N+](=O)[O-])cc3c2=O)cc1. The van der Waals surface area contributed by atoms with Gasteiger partial charge in [-0.15, -0.1) is 0 Å². The smallest absolute Gasteiger partial charge is 0.270 e. The number of ether oxygens (including phenoxy) is 1. The normalized spacial score (nSPS) is 11.5. The second-order valence-corrected chi connectivity index (χ2v) is 7.32. The number of nitrogens with zero attached hydrogens (tertiary/aromatic N) is 3. The van der Waals surface area contributed by atoms with Crippen LogP contribution in [0, 0.1) is 10.1 Å². The third kappa shape index (κ3) is 4.13. The van der Waals surface area contributed by atoms with E-state index in [4.69, 9.17) is 4.74 Å². The molecule has 0 amide bonds. The maximum absolute atomic E-state index is 12.5. The van der Waals surface area contributed by atoms with Crippen LogP contribution in [0.2, 0.25) is 0 Å². The zero-order valence-corrected chi connectivity index (χ0v) is 15.5. The highest BCUT2D eigenvalue weighted by molar-refractivity contribution is 5.79. The monoisotopic (exact) mass is 367 g/mol. The Kier molecular flexibility index (Phi) is 4.94. The molecule has 3 rings (SSSR count). The van der Waals surface area contributed by atoms with Crippen molar-refractivity contribution in [2.75, 3.05) is 6.61 Å². The van der Waals surface area contributed by atoms with Gasteiger partial charge in [0.15, 0.2) is 0 Å². The minimum Gasteiger partial charge on any atom is -0.492 e. The van der Waals surface area contributed by atoms with Crippen molar-refractivity contribution in [3.8, 4) is 5.75 Å². The highest BCUT2D eigenvalue weighted by atomic mass is 16.6. The van der Waals surface area contributed by atoms with Crippen molar-refractivity contribution in [1.29, 1.82) is 0 Å². The summed E-state index contributed by atoms with van der Waals surface area (Å²) in [7, 11) is 0. The van der Waals surface area contributed by atoms with E-state index in [9.17, 15) is 14.9 Å². The van der Waals surface area contributed by atoms with Crippen molar-refractivity contribution < 1.29 is 9.66 Å². The number of rotatable bonds is 5. The Bertz CT molecular complexity index is 1030. The number of benzene rings is 2. The number of fused-ring (bicyclic) bond motifs is 1. The lowest BCUT2D eigenvalue weighted by Gasteiger charge is -2.19. The average molecular weight is 367 g/mol. The molecule has 3 aromatic rings. The van der Waals surface area contributed by atoms with Crippen LogP contribution in [0.4, 0.5) is 5.69 Å². The van der Waals surface area contributed by atoms with E-state index in [2.05, 4.69) is 25.8 Å². The predicted molar refractivity (Wildman–Crippen MR) is 103 cm³/mol. The first kappa shape index (κ1) is 18.6. The van der Waals surface area contributed by atoms with Crippen LogP contribution in [0.1, 0.15) is 26.3 Å². The van der Waals surface area contributed by atoms with Gasteiger partial charge >= 0.3 is 0 Å². The molecule has 27 heavy (non-hydrogen) atoms. The third-order valence-electron chi connectivity index (χ3n) is 4.34. The molecule has 140 valence electrons. The molecule has 0 aliphatic heterocycles. The standard InChI is InChI=1S/C20H21N3O4/c1-20(2,3)14-4-7-16(8-5-14)27-11-10-22-13-21-18-9-6-15(23(25)26)12-17(18)19(22)24/h4-9,12-13H,10-11H2,1-3H3. The van der Waals surface area contributed by atoms with Crippen molar-refractivity contribution >= 4 is 16.6 Å². The summed E-state index contributed by atoms with van der Waals surface area (Å²) in [4.78, 5) is 27.1. The van der Waals surface area contributed by atoms with Crippen molar-refractivity contribution in [1.82, 2.24) is 9.55 Å². The Balaban J connectivity index is 1.72. The lowest BCUT2D eigenvalue weighted by atomic mass is 9.87. The number of nitro groups is 1. The summed E-state index contributed by atoms with van der Waals surface area (Å²) < 4.78 is 7.11. The summed E-state index contributed by atoms with van der Waals surface area (Å²) in [5.41, 5.74) is 1.27. The van der Waals surface area contributed by atoms with Crippen LogP contribution in [0.25, 0.3) is 10.9 Å². The fraction of sp³-hybridized carbons (Fsp3) is 0.300. The molecule has 0 spiro atoms. The molecule has 0 saturated carbocycles. The van der Waals surface area contributed by atoms with Crippen LogP contribution in [-0.2, 0) is 12.0 Å². The molecule has 0 unspecified atom stereocenters. The fourth-order valence-corrected chi connectivity index (χ4v) is 2.73. The molecule has 0 aliphatic carbocycles. The second-order valence-electron chi connectivity index (χ2n) is 7.32. The largest absolute Gasteiger partial charge is 0.492 e. The van der Waals surface area contributed by atoms with E-state index in [0.29, 0.717) is 12.1 Å². The summed E-state index contributed by atoms with van der Waals surface area (Å²) in [6.45, 7) is 7.02. The van der Waals surface area contributed by atoms with Crippen molar-refractivity contribution in [2.24, 2.45) is 0 Å². The van der Waals surface area contributed by atoms with Crippen molar-refractivity contribution in [3.63, 3.8) is 0 Å². The molecule has 0 saturated heterocycles. The van der Waals surface area contributed by atoms with Gasteiger partial charge in [-0.3, -0.25) is 19.5 Å². The van der Waals surface area contributed by atoms with Gasteiger partial charge in [-0.05, 0) is 29.2 Å². The lowest BCUT2D eigenvalue weighted by molar-refractivity contribution is -0.384. The van der Waals surface area contributed by atoms with E-state index in [1.807, 2.05) is 24.3 Å². The first-order valence-corrected chi connectivity index (χ1v) is 8.62.